The second-order valence-corrected chi connectivity index (χ2v) is 10.7. The molecule has 1 atom stereocenters. The maximum atomic E-state index is 13.4. The predicted octanol–water partition coefficient (Wildman–Crippen LogP) is 3.01. The molecule has 1 amide bonds. The Morgan fingerprint density at radius 1 is 0.906 bits per heavy atom. The Morgan fingerprint density at radius 2 is 1.44 bits per heavy atom. The van der Waals surface area contributed by atoms with E-state index >= 15 is 0 Å². The molecule has 5 nitrogen and oxygen atoms in total. The second-order valence-electron chi connectivity index (χ2n) is 9.15. The molecule has 0 saturated carbocycles. The van der Waals surface area contributed by atoms with Gasteiger partial charge in [-0.3, -0.25) is 9.69 Å². The number of rotatable bonds is 7. The largest absolute Gasteiger partial charge is 0.615 e. The number of piperidine rings is 1. The van der Waals surface area contributed by atoms with Crippen LogP contribution in [0.3, 0.4) is 0 Å². The molecule has 2 aliphatic heterocycles. The summed E-state index contributed by atoms with van der Waals surface area (Å²) >= 11 is -1.32. The molecule has 0 bridgehead atoms. The third-order valence-electron chi connectivity index (χ3n) is 6.81. The Morgan fingerprint density at radius 3 is 1.97 bits per heavy atom. The van der Waals surface area contributed by atoms with E-state index in [4.69, 9.17) is 0 Å². The molecule has 2 saturated heterocycles. The summed E-state index contributed by atoms with van der Waals surface area (Å²) in [5.74, 6) is 0.862. The molecule has 2 aromatic carbocycles. The fourth-order valence-electron chi connectivity index (χ4n) is 4.84. The topological polar surface area (TPSA) is 49.8 Å². The van der Waals surface area contributed by atoms with Gasteiger partial charge in [0.25, 0.3) is 5.91 Å². The molecular formula is C26H35N3O2S. The Hall–Kier alpha value is -1.86. The number of benzene rings is 2. The zero-order chi connectivity index (χ0) is 22.3. The van der Waals surface area contributed by atoms with Crippen LogP contribution in [0.1, 0.15) is 29.2 Å². The van der Waals surface area contributed by atoms with Crippen molar-refractivity contribution in [1.82, 2.24) is 14.7 Å². The van der Waals surface area contributed by atoms with E-state index in [0.29, 0.717) is 0 Å². The summed E-state index contributed by atoms with van der Waals surface area (Å²) in [4.78, 5) is 19.8. The van der Waals surface area contributed by atoms with Crippen LogP contribution in [0.15, 0.2) is 60.7 Å². The summed E-state index contributed by atoms with van der Waals surface area (Å²) in [6.45, 7) is 6.86. The highest BCUT2D eigenvalue weighted by Gasteiger charge is 2.32. The van der Waals surface area contributed by atoms with Crippen LogP contribution in [0.25, 0.3) is 0 Å². The standard InChI is InChI=1S/C26H35N3O2S/c1-27-14-12-22(13-15-27)20-28-16-18-29(19-17-28)25(30)21-32(31)26(23-8-4-2-5-9-23)24-10-6-3-7-11-24/h2-11,22,26H,12-21H2,1H3. The molecule has 0 aromatic heterocycles. The van der Waals surface area contributed by atoms with E-state index < -0.39 is 11.2 Å². The maximum absolute atomic E-state index is 13.4. The maximum Gasteiger partial charge on any atom is 0.272 e. The van der Waals surface area contributed by atoms with Gasteiger partial charge in [0.05, 0.1) is 0 Å². The van der Waals surface area contributed by atoms with Gasteiger partial charge >= 0.3 is 0 Å². The van der Waals surface area contributed by atoms with Crippen molar-refractivity contribution in [3.8, 4) is 0 Å². The molecule has 4 rings (SSSR count). The van der Waals surface area contributed by atoms with Gasteiger partial charge in [0.2, 0.25) is 0 Å². The van der Waals surface area contributed by atoms with E-state index in [1.54, 1.807) is 0 Å². The summed E-state index contributed by atoms with van der Waals surface area (Å²) in [6, 6.07) is 19.8. The van der Waals surface area contributed by atoms with Gasteiger partial charge in [-0.05, 0) is 50.1 Å². The molecule has 0 spiro atoms. The van der Waals surface area contributed by atoms with Crippen LogP contribution in [0.5, 0.6) is 0 Å². The summed E-state index contributed by atoms with van der Waals surface area (Å²) in [6.07, 6.45) is 2.55. The quantitative estimate of drug-likeness (QED) is 0.605. The first kappa shape index (κ1) is 23.3. The average Bonchev–Trinajstić information content (AvgIpc) is 2.82. The highest BCUT2D eigenvalue weighted by Crippen LogP contribution is 2.31. The van der Waals surface area contributed by atoms with E-state index in [1.807, 2.05) is 65.6 Å². The van der Waals surface area contributed by atoms with Crippen molar-refractivity contribution >= 4 is 17.1 Å². The van der Waals surface area contributed by atoms with E-state index in [9.17, 15) is 9.35 Å². The Labute approximate surface area is 195 Å². The fourth-order valence-corrected chi connectivity index (χ4v) is 6.35. The SMILES string of the molecule is CN1CCC(CN2CCN(C(=O)C[S+]([O-])C(c3ccccc3)c3ccccc3)CC2)CC1. The molecule has 0 N–H and O–H groups in total. The van der Waals surface area contributed by atoms with Gasteiger partial charge in [0.1, 0.15) is 0 Å². The predicted molar refractivity (Wildman–Crippen MR) is 131 cm³/mol. The molecule has 2 aliphatic rings. The van der Waals surface area contributed by atoms with Crippen molar-refractivity contribution in [2.45, 2.75) is 18.1 Å². The highest BCUT2D eigenvalue weighted by atomic mass is 32.2. The van der Waals surface area contributed by atoms with Crippen LogP contribution in [0.4, 0.5) is 0 Å². The summed E-state index contributed by atoms with van der Waals surface area (Å²) < 4.78 is 13.4. The minimum Gasteiger partial charge on any atom is -0.615 e. The summed E-state index contributed by atoms with van der Waals surface area (Å²) in [5, 5.41) is -0.285. The molecular weight excluding hydrogens is 418 g/mol. The van der Waals surface area contributed by atoms with E-state index in [1.165, 1.54) is 25.9 Å². The lowest BCUT2D eigenvalue weighted by Gasteiger charge is -2.38. The first-order valence-corrected chi connectivity index (χ1v) is 13.1. The number of likely N-dealkylation sites (tertiary alicyclic amines) is 1. The minimum atomic E-state index is -1.32. The molecule has 172 valence electrons. The first-order valence-electron chi connectivity index (χ1n) is 11.8. The summed E-state index contributed by atoms with van der Waals surface area (Å²) in [5.41, 5.74) is 1.99. The normalized spacial score (nSPS) is 19.9. The van der Waals surface area contributed by atoms with Crippen molar-refractivity contribution < 1.29 is 9.35 Å². The number of nitrogens with zero attached hydrogens (tertiary/aromatic N) is 3. The number of carbonyl (C=O) groups excluding carboxylic acids is 1. The van der Waals surface area contributed by atoms with Gasteiger partial charge in [0.15, 0.2) is 11.0 Å². The van der Waals surface area contributed by atoms with Crippen LogP contribution < -0.4 is 0 Å². The monoisotopic (exact) mass is 453 g/mol. The lowest BCUT2D eigenvalue weighted by atomic mass is 9.96. The van der Waals surface area contributed by atoms with Crippen LogP contribution in [-0.2, 0) is 16.0 Å². The smallest absolute Gasteiger partial charge is 0.272 e. The number of piperazine rings is 1. The van der Waals surface area contributed by atoms with Crippen molar-refractivity contribution in [2.24, 2.45) is 5.92 Å². The molecule has 0 radical (unpaired) electrons. The fraction of sp³-hybridized carbons (Fsp3) is 0.500. The number of hydrogen-bond donors (Lipinski definition) is 0. The van der Waals surface area contributed by atoms with Gasteiger partial charge in [-0.1, -0.05) is 60.7 Å². The Kier molecular flexibility index (Phi) is 8.25. The second kappa shape index (κ2) is 11.3. The van der Waals surface area contributed by atoms with Crippen LogP contribution in [0.2, 0.25) is 0 Å². The van der Waals surface area contributed by atoms with Crippen molar-refractivity contribution in [3.63, 3.8) is 0 Å². The van der Waals surface area contributed by atoms with E-state index in [-0.39, 0.29) is 16.9 Å². The van der Waals surface area contributed by atoms with E-state index in [2.05, 4.69) is 16.8 Å². The van der Waals surface area contributed by atoms with Gasteiger partial charge in [-0.2, -0.15) is 0 Å². The number of carbonyl (C=O) groups is 1. The van der Waals surface area contributed by atoms with Gasteiger partial charge in [-0.25, -0.2) is 0 Å². The number of amides is 1. The molecule has 2 aromatic rings. The lowest BCUT2D eigenvalue weighted by Crippen LogP contribution is -2.51. The molecule has 1 unspecified atom stereocenters. The van der Waals surface area contributed by atoms with E-state index in [0.717, 1.165) is 49.8 Å². The van der Waals surface area contributed by atoms with Crippen LogP contribution in [-0.4, -0.2) is 83.8 Å². The average molecular weight is 454 g/mol. The Balaban J connectivity index is 1.32. The third-order valence-corrected chi connectivity index (χ3v) is 8.41. The minimum absolute atomic E-state index is 0.0131. The van der Waals surface area contributed by atoms with Gasteiger partial charge in [-0.15, -0.1) is 0 Å². The van der Waals surface area contributed by atoms with Gasteiger partial charge < -0.3 is 14.4 Å². The molecule has 6 heteroatoms. The number of hydrogen-bond acceptors (Lipinski definition) is 4. The highest BCUT2D eigenvalue weighted by molar-refractivity contribution is 7.92. The summed E-state index contributed by atoms with van der Waals surface area (Å²) in [7, 11) is 2.20. The van der Waals surface area contributed by atoms with Crippen molar-refractivity contribution in [1.29, 1.82) is 0 Å². The Bertz CT molecular complexity index is 795. The first-order chi connectivity index (χ1) is 15.6. The molecule has 32 heavy (non-hydrogen) atoms. The van der Waals surface area contributed by atoms with Crippen LogP contribution in [0, 0.1) is 5.92 Å². The van der Waals surface area contributed by atoms with Gasteiger partial charge in [0, 0.05) is 43.9 Å². The lowest BCUT2D eigenvalue weighted by molar-refractivity contribution is -0.130. The van der Waals surface area contributed by atoms with Crippen molar-refractivity contribution in [2.75, 3.05) is 58.6 Å². The zero-order valence-corrected chi connectivity index (χ0v) is 19.9. The molecule has 0 aliphatic carbocycles. The van der Waals surface area contributed by atoms with Crippen molar-refractivity contribution in [3.05, 3.63) is 71.8 Å². The molecule has 2 heterocycles. The molecule has 2 fully saturated rings. The zero-order valence-electron chi connectivity index (χ0n) is 19.1. The van der Waals surface area contributed by atoms with Crippen LogP contribution >= 0.6 is 0 Å². The third kappa shape index (κ3) is 6.13.